The number of carbonyl (C=O) groups excluding carboxylic acids is 3. The minimum atomic E-state index is -0.959. The molecule has 8 heteroatoms. The molecule has 2 atom stereocenters. The quantitative estimate of drug-likeness (QED) is 0.417. The van der Waals surface area contributed by atoms with Crippen LogP contribution in [0.4, 0.5) is 10.5 Å². The molecule has 7 nitrogen and oxygen atoms in total. The summed E-state index contributed by atoms with van der Waals surface area (Å²) < 4.78 is 5.40. The molecule has 2 N–H and O–H groups in total. The lowest BCUT2D eigenvalue weighted by Gasteiger charge is -2.33. The monoisotopic (exact) mass is 529 g/mol. The van der Waals surface area contributed by atoms with E-state index in [0.29, 0.717) is 22.7 Å². The second-order valence-electron chi connectivity index (χ2n) is 11.0. The number of alkyl carbamates (subject to hydrolysis) is 1. The first-order chi connectivity index (χ1) is 17.1. The van der Waals surface area contributed by atoms with Crippen LogP contribution in [0.2, 0.25) is 5.02 Å². The Bertz CT molecular complexity index is 1120. The molecule has 0 saturated heterocycles. The van der Waals surface area contributed by atoms with Crippen LogP contribution in [-0.2, 0) is 14.3 Å². The molecule has 3 amide bonds. The fraction of sp³-hybridized carbons (Fsp3) is 0.483. The molecule has 2 aromatic carbocycles. The number of halogens is 1. The maximum absolute atomic E-state index is 13.8. The van der Waals surface area contributed by atoms with Gasteiger partial charge in [0.15, 0.2) is 0 Å². The lowest BCUT2D eigenvalue weighted by molar-refractivity contribution is -0.139. The lowest BCUT2D eigenvalue weighted by Crippen LogP contribution is -2.51. The van der Waals surface area contributed by atoms with E-state index in [1.165, 1.54) is 4.90 Å². The van der Waals surface area contributed by atoms with E-state index < -0.39 is 35.6 Å². The highest BCUT2D eigenvalue weighted by Crippen LogP contribution is 2.30. The molecule has 0 aliphatic heterocycles. The molecule has 0 saturated carbocycles. The summed E-state index contributed by atoms with van der Waals surface area (Å²) in [5.41, 5.74) is 3.19. The number of benzene rings is 2. The largest absolute Gasteiger partial charge is 0.444 e. The number of nitrogens with zero attached hydrogens (tertiary/aromatic N) is 1. The molecular formula is C29H40ClN3O4. The third-order valence-electron chi connectivity index (χ3n) is 5.87. The van der Waals surface area contributed by atoms with E-state index in [0.717, 1.165) is 16.7 Å². The van der Waals surface area contributed by atoms with Crippen molar-refractivity contribution in [2.24, 2.45) is 5.92 Å². The van der Waals surface area contributed by atoms with Gasteiger partial charge in [0.1, 0.15) is 17.7 Å². The summed E-state index contributed by atoms with van der Waals surface area (Å²) in [4.78, 5) is 41.5. The maximum atomic E-state index is 13.8. The average Bonchev–Trinajstić information content (AvgIpc) is 2.75. The van der Waals surface area contributed by atoms with Crippen molar-refractivity contribution in [2.75, 3.05) is 12.4 Å². The zero-order chi connectivity index (χ0) is 28.1. The molecule has 37 heavy (non-hydrogen) atoms. The van der Waals surface area contributed by atoms with E-state index in [-0.39, 0.29) is 5.92 Å². The van der Waals surface area contributed by atoms with Crippen LogP contribution in [0.3, 0.4) is 0 Å². The number of amides is 3. The molecule has 0 bridgehead atoms. The van der Waals surface area contributed by atoms with Crippen molar-refractivity contribution < 1.29 is 19.1 Å². The van der Waals surface area contributed by atoms with Crippen LogP contribution in [0.1, 0.15) is 69.3 Å². The second-order valence-corrected chi connectivity index (χ2v) is 11.4. The molecule has 0 radical (unpaired) electrons. The highest BCUT2D eigenvalue weighted by Gasteiger charge is 2.35. The molecule has 0 aromatic heterocycles. The fourth-order valence-corrected chi connectivity index (χ4v) is 4.42. The molecule has 0 heterocycles. The molecule has 2 aromatic rings. The highest BCUT2D eigenvalue weighted by molar-refractivity contribution is 6.34. The van der Waals surface area contributed by atoms with Gasteiger partial charge in [-0.25, -0.2) is 4.79 Å². The third-order valence-corrected chi connectivity index (χ3v) is 6.18. The zero-order valence-electron chi connectivity index (χ0n) is 23.4. The van der Waals surface area contributed by atoms with E-state index in [9.17, 15) is 14.4 Å². The number of hydrogen-bond donors (Lipinski definition) is 2. The Morgan fingerprint density at radius 2 is 1.68 bits per heavy atom. The Hall–Kier alpha value is -3.06. The van der Waals surface area contributed by atoms with Gasteiger partial charge in [-0.1, -0.05) is 61.3 Å². The van der Waals surface area contributed by atoms with Crippen LogP contribution in [-0.4, -0.2) is 41.5 Å². The Balaban J connectivity index is 2.48. The van der Waals surface area contributed by atoms with Crippen LogP contribution >= 0.6 is 11.6 Å². The number of hydrogen-bond acceptors (Lipinski definition) is 4. The minimum absolute atomic E-state index is 0.108. The van der Waals surface area contributed by atoms with Gasteiger partial charge in [0.25, 0.3) is 5.91 Å². The predicted octanol–water partition coefficient (Wildman–Crippen LogP) is 6.34. The first-order valence-electron chi connectivity index (χ1n) is 12.5. The van der Waals surface area contributed by atoms with Crippen molar-refractivity contribution in [2.45, 2.75) is 79.5 Å². The Morgan fingerprint density at radius 3 is 2.22 bits per heavy atom. The number of anilines is 1. The lowest BCUT2D eigenvalue weighted by atomic mass is 9.95. The van der Waals surface area contributed by atoms with Crippen LogP contribution in [0, 0.1) is 26.7 Å². The summed E-state index contributed by atoms with van der Waals surface area (Å²) in [6.45, 7) is 14.9. The Labute approximate surface area is 225 Å². The van der Waals surface area contributed by atoms with E-state index in [1.807, 2.05) is 65.0 Å². The summed E-state index contributed by atoms with van der Waals surface area (Å²) >= 11 is 6.38. The summed E-state index contributed by atoms with van der Waals surface area (Å²) in [6, 6.07) is 9.27. The standard InChI is InChI=1S/C29H40ClN3O4/c1-17(2)15-23(31-28(36)37-29(6,7)8)27(35)33(9)25(21-14-13-18(3)16-20(21)5)26(34)32-24-19(4)11-10-12-22(24)30/h10-14,16-17,23,25H,15H2,1-9H3,(H,31,36)(H,32,34). The molecule has 0 aliphatic carbocycles. The van der Waals surface area contributed by atoms with Crippen LogP contribution in [0.15, 0.2) is 36.4 Å². The molecule has 0 aliphatic rings. The second kappa shape index (κ2) is 12.5. The van der Waals surface area contributed by atoms with Gasteiger partial charge in [-0.2, -0.15) is 0 Å². The normalized spacial score (nSPS) is 13.1. The van der Waals surface area contributed by atoms with Gasteiger partial charge in [-0.15, -0.1) is 0 Å². The van der Waals surface area contributed by atoms with Crippen LogP contribution < -0.4 is 10.6 Å². The average molecular weight is 530 g/mol. The first kappa shape index (κ1) is 30.2. The Kier molecular flexibility index (Phi) is 10.2. The topological polar surface area (TPSA) is 87.7 Å². The third kappa shape index (κ3) is 8.49. The molecular weight excluding hydrogens is 490 g/mol. The van der Waals surface area contributed by atoms with Crippen molar-refractivity contribution in [1.82, 2.24) is 10.2 Å². The number of para-hydroxylation sites is 1. The SMILES string of the molecule is Cc1ccc(C(C(=O)Nc2c(C)cccc2Cl)N(C)C(=O)C(CC(C)C)NC(=O)OC(C)(C)C)c(C)c1. The van der Waals surface area contributed by atoms with Gasteiger partial charge in [0, 0.05) is 7.05 Å². The Morgan fingerprint density at radius 1 is 1.03 bits per heavy atom. The number of nitrogens with one attached hydrogen (secondary N) is 2. The highest BCUT2D eigenvalue weighted by atomic mass is 35.5. The van der Waals surface area contributed by atoms with Gasteiger partial charge in [-0.05, 0) is 76.6 Å². The number of rotatable bonds is 8. The van der Waals surface area contributed by atoms with E-state index in [4.69, 9.17) is 16.3 Å². The fourth-order valence-electron chi connectivity index (χ4n) is 4.16. The summed E-state index contributed by atoms with van der Waals surface area (Å²) in [5.74, 6) is -0.688. The van der Waals surface area contributed by atoms with Gasteiger partial charge >= 0.3 is 6.09 Å². The zero-order valence-corrected chi connectivity index (χ0v) is 24.1. The van der Waals surface area contributed by atoms with Crippen molar-refractivity contribution in [3.05, 3.63) is 63.7 Å². The van der Waals surface area contributed by atoms with Crippen LogP contribution in [0.5, 0.6) is 0 Å². The smallest absolute Gasteiger partial charge is 0.408 e. The van der Waals surface area contributed by atoms with Gasteiger partial charge < -0.3 is 20.3 Å². The first-order valence-corrected chi connectivity index (χ1v) is 12.9. The summed E-state index contributed by atoms with van der Waals surface area (Å²) in [7, 11) is 1.58. The molecule has 0 fully saturated rings. The molecule has 2 unspecified atom stereocenters. The molecule has 2 rings (SSSR count). The van der Waals surface area contributed by atoms with Crippen molar-refractivity contribution in [1.29, 1.82) is 0 Å². The van der Waals surface area contributed by atoms with Crippen molar-refractivity contribution in [3.8, 4) is 0 Å². The van der Waals surface area contributed by atoms with Gasteiger partial charge in [-0.3, -0.25) is 9.59 Å². The van der Waals surface area contributed by atoms with Gasteiger partial charge in [0.2, 0.25) is 5.91 Å². The number of ether oxygens (including phenoxy) is 1. The van der Waals surface area contributed by atoms with E-state index in [1.54, 1.807) is 33.9 Å². The van der Waals surface area contributed by atoms with E-state index in [2.05, 4.69) is 10.6 Å². The molecule has 202 valence electrons. The summed E-state index contributed by atoms with van der Waals surface area (Å²) in [6.07, 6.45) is -0.299. The molecule has 0 spiro atoms. The number of likely N-dealkylation sites (N-methyl/N-ethyl adjacent to an activating group) is 1. The maximum Gasteiger partial charge on any atom is 0.408 e. The predicted molar refractivity (Wildman–Crippen MR) is 149 cm³/mol. The summed E-state index contributed by atoms with van der Waals surface area (Å²) in [5, 5.41) is 6.06. The van der Waals surface area contributed by atoms with Crippen molar-refractivity contribution in [3.63, 3.8) is 0 Å². The van der Waals surface area contributed by atoms with Gasteiger partial charge in [0.05, 0.1) is 10.7 Å². The van der Waals surface area contributed by atoms with Crippen molar-refractivity contribution >= 4 is 35.2 Å². The van der Waals surface area contributed by atoms with E-state index >= 15 is 0 Å². The van der Waals surface area contributed by atoms with Crippen LogP contribution in [0.25, 0.3) is 0 Å². The number of carbonyl (C=O) groups is 3. The minimum Gasteiger partial charge on any atom is -0.444 e. The number of aryl methyl sites for hydroxylation is 3.